The summed E-state index contributed by atoms with van der Waals surface area (Å²) in [6, 6.07) is 0.339. The van der Waals surface area contributed by atoms with Crippen molar-refractivity contribution in [1.29, 1.82) is 0 Å². The van der Waals surface area contributed by atoms with Crippen LogP contribution in [-0.2, 0) is 0 Å². The van der Waals surface area contributed by atoms with Crippen LogP contribution in [0.5, 0.6) is 0 Å². The van der Waals surface area contributed by atoms with Gasteiger partial charge in [0.1, 0.15) is 0 Å². The maximum atomic E-state index is 5.94. The predicted molar refractivity (Wildman–Crippen MR) is 43.6 cm³/mol. The molecule has 0 unspecified atom stereocenters. The molecule has 2 atom stereocenters. The molecule has 0 aromatic heterocycles. The van der Waals surface area contributed by atoms with E-state index in [0.29, 0.717) is 6.04 Å². The van der Waals surface area contributed by atoms with Crippen molar-refractivity contribution in [1.82, 2.24) is 0 Å². The van der Waals surface area contributed by atoms with E-state index in [0.717, 1.165) is 13.0 Å². The Morgan fingerprint density at radius 3 is 2.60 bits per heavy atom. The molecule has 0 amide bonds. The molecule has 2 nitrogen and oxygen atoms in total. The van der Waals surface area contributed by atoms with Crippen molar-refractivity contribution in [3.63, 3.8) is 0 Å². The molecule has 4 N–H and O–H groups in total. The molecule has 0 saturated heterocycles. The summed E-state index contributed by atoms with van der Waals surface area (Å²) in [6.07, 6.45) is 4.97. The van der Waals surface area contributed by atoms with Gasteiger partial charge in [0.25, 0.3) is 0 Å². The van der Waals surface area contributed by atoms with Gasteiger partial charge in [0.05, 0.1) is 0 Å². The second-order valence-electron chi connectivity index (χ2n) is 3.71. The van der Waals surface area contributed by atoms with Gasteiger partial charge in [0.15, 0.2) is 0 Å². The Morgan fingerprint density at radius 2 is 2.20 bits per heavy atom. The number of rotatable bonds is 1. The SMILES string of the molecule is C[C@@]1(CN)CCCC[C@@H]1N. The first kappa shape index (κ1) is 8.02. The summed E-state index contributed by atoms with van der Waals surface area (Å²) in [4.78, 5) is 0. The summed E-state index contributed by atoms with van der Waals surface area (Å²) in [6.45, 7) is 2.95. The zero-order valence-electron chi connectivity index (χ0n) is 6.77. The lowest BCUT2D eigenvalue weighted by atomic mass is 9.72. The Morgan fingerprint density at radius 1 is 1.50 bits per heavy atom. The molecule has 1 aliphatic rings. The Hall–Kier alpha value is -0.0800. The Bertz CT molecular complexity index is 114. The van der Waals surface area contributed by atoms with Crippen molar-refractivity contribution < 1.29 is 0 Å². The molecular weight excluding hydrogens is 124 g/mol. The van der Waals surface area contributed by atoms with Gasteiger partial charge in [0.2, 0.25) is 0 Å². The van der Waals surface area contributed by atoms with Crippen molar-refractivity contribution in [3.8, 4) is 0 Å². The van der Waals surface area contributed by atoms with Gasteiger partial charge in [-0.1, -0.05) is 19.8 Å². The van der Waals surface area contributed by atoms with Gasteiger partial charge in [-0.2, -0.15) is 0 Å². The fourth-order valence-electron chi connectivity index (χ4n) is 1.68. The highest BCUT2D eigenvalue weighted by Gasteiger charge is 2.32. The summed E-state index contributed by atoms with van der Waals surface area (Å²) in [7, 11) is 0. The molecule has 2 heteroatoms. The Balaban J connectivity index is 2.54. The van der Waals surface area contributed by atoms with Crippen LogP contribution in [0.4, 0.5) is 0 Å². The van der Waals surface area contributed by atoms with E-state index in [9.17, 15) is 0 Å². The van der Waals surface area contributed by atoms with Crippen LogP contribution in [0.1, 0.15) is 32.6 Å². The fraction of sp³-hybridized carbons (Fsp3) is 1.00. The van der Waals surface area contributed by atoms with Crippen LogP contribution < -0.4 is 11.5 Å². The van der Waals surface area contributed by atoms with E-state index in [1.54, 1.807) is 0 Å². The molecule has 0 aromatic rings. The topological polar surface area (TPSA) is 52.0 Å². The van der Waals surface area contributed by atoms with Crippen molar-refractivity contribution in [2.45, 2.75) is 38.6 Å². The van der Waals surface area contributed by atoms with Crippen molar-refractivity contribution in [2.24, 2.45) is 16.9 Å². The summed E-state index contributed by atoms with van der Waals surface area (Å²) < 4.78 is 0. The maximum Gasteiger partial charge on any atom is 0.0105 e. The highest BCUT2D eigenvalue weighted by molar-refractivity contribution is 4.89. The Labute approximate surface area is 63.0 Å². The molecule has 0 bridgehead atoms. The van der Waals surface area contributed by atoms with Crippen molar-refractivity contribution in [2.75, 3.05) is 6.54 Å². The highest BCUT2D eigenvalue weighted by Crippen LogP contribution is 2.33. The molecule has 60 valence electrons. The van der Waals surface area contributed by atoms with E-state index >= 15 is 0 Å². The average Bonchev–Trinajstić information content (AvgIpc) is 1.96. The summed E-state index contributed by atoms with van der Waals surface area (Å²) >= 11 is 0. The van der Waals surface area contributed by atoms with Gasteiger partial charge in [-0.15, -0.1) is 0 Å². The summed E-state index contributed by atoms with van der Waals surface area (Å²) in [5.41, 5.74) is 11.8. The molecular formula is C8H18N2. The first-order valence-corrected chi connectivity index (χ1v) is 4.15. The van der Waals surface area contributed by atoms with Crippen LogP contribution >= 0.6 is 0 Å². The molecule has 1 aliphatic carbocycles. The second kappa shape index (κ2) is 2.89. The van der Waals surface area contributed by atoms with Crippen LogP contribution in [0.25, 0.3) is 0 Å². The molecule has 0 heterocycles. The Kier molecular flexibility index (Phi) is 2.32. The normalized spacial score (nSPS) is 41.7. The standard InChI is InChI=1S/C8H18N2/c1-8(6-9)5-3-2-4-7(8)10/h7H,2-6,9-10H2,1H3/t7-,8-/m0/s1. The molecule has 0 spiro atoms. The molecule has 0 aromatic carbocycles. The average molecular weight is 142 g/mol. The van der Waals surface area contributed by atoms with Gasteiger partial charge in [-0.05, 0) is 24.8 Å². The summed E-state index contributed by atoms with van der Waals surface area (Å²) in [5, 5.41) is 0. The number of hydrogen-bond donors (Lipinski definition) is 2. The smallest absolute Gasteiger partial charge is 0.0105 e. The minimum absolute atomic E-state index is 0.234. The monoisotopic (exact) mass is 142 g/mol. The highest BCUT2D eigenvalue weighted by atomic mass is 14.7. The first-order chi connectivity index (χ1) is 4.69. The van der Waals surface area contributed by atoms with Crippen LogP contribution in [-0.4, -0.2) is 12.6 Å². The maximum absolute atomic E-state index is 5.94. The predicted octanol–water partition coefficient (Wildman–Crippen LogP) is 0.853. The minimum Gasteiger partial charge on any atom is -0.330 e. The third-order valence-electron chi connectivity index (χ3n) is 2.87. The lowest BCUT2D eigenvalue weighted by molar-refractivity contribution is 0.186. The lowest BCUT2D eigenvalue weighted by Crippen LogP contribution is -2.46. The van der Waals surface area contributed by atoms with Gasteiger partial charge in [0, 0.05) is 6.04 Å². The second-order valence-corrected chi connectivity index (χ2v) is 3.71. The van der Waals surface area contributed by atoms with Crippen LogP contribution in [0.15, 0.2) is 0 Å². The van der Waals surface area contributed by atoms with Crippen molar-refractivity contribution in [3.05, 3.63) is 0 Å². The third kappa shape index (κ3) is 1.32. The molecule has 10 heavy (non-hydrogen) atoms. The van der Waals surface area contributed by atoms with Crippen LogP contribution in [0.2, 0.25) is 0 Å². The zero-order chi connectivity index (χ0) is 7.61. The van der Waals surface area contributed by atoms with Gasteiger partial charge < -0.3 is 11.5 Å². The van der Waals surface area contributed by atoms with Crippen molar-refractivity contribution >= 4 is 0 Å². The van der Waals surface area contributed by atoms with E-state index in [-0.39, 0.29) is 5.41 Å². The van der Waals surface area contributed by atoms with Crippen LogP contribution in [0, 0.1) is 5.41 Å². The van der Waals surface area contributed by atoms with Gasteiger partial charge in [-0.25, -0.2) is 0 Å². The summed E-state index contributed by atoms with van der Waals surface area (Å²) in [5.74, 6) is 0. The van der Waals surface area contributed by atoms with Crippen LogP contribution in [0.3, 0.4) is 0 Å². The largest absolute Gasteiger partial charge is 0.330 e. The number of hydrogen-bond acceptors (Lipinski definition) is 2. The van der Waals surface area contributed by atoms with E-state index in [1.807, 2.05) is 0 Å². The lowest BCUT2D eigenvalue weighted by Gasteiger charge is -2.38. The molecule has 0 radical (unpaired) electrons. The van der Waals surface area contributed by atoms with E-state index < -0.39 is 0 Å². The molecule has 0 aliphatic heterocycles. The van der Waals surface area contributed by atoms with Gasteiger partial charge >= 0.3 is 0 Å². The fourth-order valence-corrected chi connectivity index (χ4v) is 1.68. The molecule has 1 saturated carbocycles. The minimum atomic E-state index is 0.234. The first-order valence-electron chi connectivity index (χ1n) is 4.15. The third-order valence-corrected chi connectivity index (χ3v) is 2.87. The zero-order valence-corrected chi connectivity index (χ0v) is 6.77. The molecule has 1 fully saturated rings. The van der Waals surface area contributed by atoms with E-state index in [2.05, 4.69) is 6.92 Å². The van der Waals surface area contributed by atoms with E-state index in [1.165, 1.54) is 19.3 Å². The number of nitrogens with two attached hydrogens (primary N) is 2. The van der Waals surface area contributed by atoms with E-state index in [4.69, 9.17) is 11.5 Å². The quantitative estimate of drug-likeness (QED) is 0.570. The van der Waals surface area contributed by atoms with Gasteiger partial charge in [-0.3, -0.25) is 0 Å². The molecule has 1 rings (SSSR count).